The van der Waals surface area contributed by atoms with Crippen LogP contribution in [0.1, 0.15) is 46.0 Å². The first-order valence-electron chi connectivity index (χ1n) is 7.30. The summed E-state index contributed by atoms with van der Waals surface area (Å²) < 4.78 is 5.51. The first kappa shape index (κ1) is 14.6. The number of rotatable bonds is 7. The smallest absolute Gasteiger partial charge is 0.333 e. The first-order valence-corrected chi connectivity index (χ1v) is 7.30. The van der Waals surface area contributed by atoms with Crippen molar-refractivity contribution in [2.75, 3.05) is 11.9 Å². The Hall–Kier alpha value is -1.78. The molecule has 0 aromatic heterocycles. The van der Waals surface area contributed by atoms with Crippen molar-refractivity contribution in [2.45, 2.75) is 51.5 Å². The van der Waals surface area contributed by atoms with Crippen LogP contribution < -0.4 is 10.1 Å². The zero-order valence-electron chi connectivity index (χ0n) is 12.1. The average Bonchev–Trinajstić information content (AvgIpc) is 2.40. The summed E-state index contributed by atoms with van der Waals surface area (Å²) >= 11 is 0. The molecule has 0 radical (unpaired) electrons. The number of benzene rings is 1. The molecule has 2 rings (SSSR count). The van der Waals surface area contributed by atoms with Crippen molar-refractivity contribution >= 4 is 11.4 Å². The summed E-state index contributed by atoms with van der Waals surface area (Å²) in [6.07, 6.45) is 5.12. The van der Waals surface area contributed by atoms with E-state index in [4.69, 9.17) is 4.74 Å². The van der Waals surface area contributed by atoms with Crippen LogP contribution in [0, 0.1) is 10.1 Å². The molecule has 0 spiro atoms. The number of ether oxygens (including phenoxy) is 1. The molecular formula is C15H22N2O3. The minimum atomic E-state index is -0.352. The second kappa shape index (κ2) is 6.11. The summed E-state index contributed by atoms with van der Waals surface area (Å²) in [5.74, 6) is 0.354. The largest absolute Gasteiger partial charge is 0.487 e. The molecular weight excluding hydrogens is 256 g/mol. The normalized spacial score (nSPS) is 16.3. The van der Waals surface area contributed by atoms with Gasteiger partial charge in [-0.05, 0) is 44.2 Å². The van der Waals surface area contributed by atoms with Gasteiger partial charge < -0.3 is 10.1 Å². The van der Waals surface area contributed by atoms with Crippen LogP contribution in [-0.2, 0) is 0 Å². The molecule has 0 saturated heterocycles. The van der Waals surface area contributed by atoms with Crippen molar-refractivity contribution in [3.05, 3.63) is 28.3 Å². The first-order chi connectivity index (χ1) is 9.62. The average molecular weight is 278 g/mol. The Kier molecular flexibility index (Phi) is 4.47. The molecule has 1 saturated carbocycles. The van der Waals surface area contributed by atoms with Gasteiger partial charge in [-0.15, -0.1) is 0 Å². The van der Waals surface area contributed by atoms with Crippen LogP contribution in [0.4, 0.5) is 11.4 Å². The highest BCUT2D eigenvalue weighted by Gasteiger charge is 2.37. The van der Waals surface area contributed by atoms with E-state index >= 15 is 0 Å². The van der Waals surface area contributed by atoms with Gasteiger partial charge in [0.15, 0.2) is 5.75 Å². The number of nitro benzene ring substituents is 1. The van der Waals surface area contributed by atoms with Gasteiger partial charge in [0.05, 0.1) is 11.5 Å². The molecule has 1 aromatic carbocycles. The van der Waals surface area contributed by atoms with E-state index in [1.807, 2.05) is 13.0 Å². The van der Waals surface area contributed by atoms with Gasteiger partial charge in [-0.2, -0.15) is 0 Å². The third-order valence-electron chi connectivity index (χ3n) is 4.03. The maximum Gasteiger partial charge on any atom is 0.333 e. The van der Waals surface area contributed by atoms with E-state index in [0.29, 0.717) is 18.0 Å². The lowest BCUT2D eigenvalue weighted by molar-refractivity contribution is -0.385. The van der Waals surface area contributed by atoms with Gasteiger partial charge in [-0.3, -0.25) is 10.1 Å². The molecule has 0 aliphatic heterocycles. The van der Waals surface area contributed by atoms with Crippen LogP contribution in [0.2, 0.25) is 0 Å². The van der Waals surface area contributed by atoms with Crippen LogP contribution in [0.15, 0.2) is 18.2 Å². The molecule has 0 bridgehead atoms. The fraction of sp³-hybridized carbons (Fsp3) is 0.600. The van der Waals surface area contributed by atoms with Crippen molar-refractivity contribution in [1.29, 1.82) is 0 Å². The summed E-state index contributed by atoms with van der Waals surface area (Å²) in [4.78, 5) is 11.0. The van der Waals surface area contributed by atoms with Crippen molar-refractivity contribution in [2.24, 2.45) is 0 Å². The predicted molar refractivity (Wildman–Crippen MR) is 79.4 cm³/mol. The summed E-state index contributed by atoms with van der Waals surface area (Å²) in [6, 6.07) is 5.24. The lowest BCUT2D eigenvalue weighted by Gasteiger charge is -2.42. The van der Waals surface area contributed by atoms with Gasteiger partial charge in [0, 0.05) is 5.54 Å². The number of nitrogens with zero attached hydrogens (tertiary/aromatic N) is 1. The third-order valence-corrected chi connectivity index (χ3v) is 4.03. The lowest BCUT2D eigenvalue weighted by atomic mass is 9.74. The minimum Gasteiger partial charge on any atom is -0.487 e. The monoisotopic (exact) mass is 278 g/mol. The predicted octanol–water partition coefficient (Wildman–Crippen LogP) is 4.13. The highest BCUT2D eigenvalue weighted by atomic mass is 16.6. The minimum absolute atomic E-state index is 0.0220. The van der Waals surface area contributed by atoms with E-state index in [0.717, 1.165) is 25.7 Å². The number of para-hydroxylation sites is 1. The molecule has 1 aromatic rings. The zero-order chi connectivity index (χ0) is 14.6. The van der Waals surface area contributed by atoms with E-state index in [1.54, 1.807) is 12.1 Å². The summed E-state index contributed by atoms with van der Waals surface area (Å²) in [5, 5.41) is 14.8. The molecule has 20 heavy (non-hydrogen) atoms. The molecule has 0 amide bonds. The van der Waals surface area contributed by atoms with Crippen molar-refractivity contribution in [1.82, 2.24) is 0 Å². The Labute approximate surface area is 119 Å². The molecule has 1 N–H and O–H groups in total. The summed E-state index contributed by atoms with van der Waals surface area (Å²) in [6.45, 7) is 4.59. The topological polar surface area (TPSA) is 64.4 Å². The van der Waals surface area contributed by atoms with Crippen molar-refractivity contribution < 1.29 is 9.66 Å². The standard InChI is InChI=1S/C15H22N2O3/c1-3-11-20-13-8-5-7-12(14(13)17(18)19)16-15(4-2)9-6-10-15/h5,7-8,16H,3-4,6,9-11H2,1-2H3. The number of nitro groups is 1. The molecule has 1 fully saturated rings. The molecule has 5 heteroatoms. The third kappa shape index (κ3) is 2.86. The van der Waals surface area contributed by atoms with Gasteiger partial charge in [0.2, 0.25) is 0 Å². The van der Waals surface area contributed by atoms with Crippen LogP contribution in [0.5, 0.6) is 5.75 Å². The zero-order valence-corrected chi connectivity index (χ0v) is 12.1. The summed E-state index contributed by atoms with van der Waals surface area (Å²) in [5.41, 5.74) is 0.652. The second-order valence-corrected chi connectivity index (χ2v) is 5.37. The fourth-order valence-electron chi connectivity index (χ4n) is 2.60. The van der Waals surface area contributed by atoms with Gasteiger partial charge in [-0.25, -0.2) is 0 Å². The molecule has 0 unspecified atom stereocenters. The number of nitrogens with one attached hydrogen (secondary N) is 1. The molecule has 5 nitrogen and oxygen atoms in total. The van der Waals surface area contributed by atoms with Gasteiger partial charge in [0.25, 0.3) is 0 Å². The Morgan fingerprint density at radius 2 is 2.15 bits per heavy atom. The summed E-state index contributed by atoms with van der Waals surface area (Å²) in [7, 11) is 0. The maximum absolute atomic E-state index is 11.4. The lowest BCUT2D eigenvalue weighted by Crippen LogP contribution is -2.44. The Bertz CT molecular complexity index is 478. The van der Waals surface area contributed by atoms with E-state index in [9.17, 15) is 10.1 Å². The highest BCUT2D eigenvalue weighted by Crippen LogP contribution is 2.42. The molecule has 1 aliphatic rings. The highest BCUT2D eigenvalue weighted by molar-refractivity contribution is 5.69. The molecule has 0 heterocycles. The fourth-order valence-corrected chi connectivity index (χ4v) is 2.60. The van der Waals surface area contributed by atoms with Crippen LogP contribution >= 0.6 is 0 Å². The van der Waals surface area contributed by atoms with E-state index in [2.05, 4.69) is 12.2 Å². The number of anilines is 1. The molecule has 1 aliphatic carbocycles. The van der Waals surface area contributed by atoms with Crippen molar-refractivity contribution in [3.8, 4) is 5.75 Å². The van der Waals surface area contributed by atoms with Gasteiger partial charge in [-0.1, -0.05) is 19.9 Å². The van der Waals surface area contributed by atoms with E-state index < -0.39 is 0 Å². The van der Waals surface area contributed by atoms with Crippen LogP contribution in [-0.4, -0.2) is 17.1 Å². The van der Waals surface area contributed by atoms with Crippen molar-refractivity contribution in [3.63, 3.8) is 0 Å². The van der Waals surface area contributed by atoms with Gasteiger partial charge >= 0.3 is 5.69 Å². The van der Waals surface area contributed by atoms with Gasteiger partial charge in [0.1, 0.15) is 5.69 Å². The SMILES string of the molecule is CCCOc1cccc(NC2(CC)CCC2)c1[N+](=O)[O-]. The van der Waals surface area contributed by atoms with Crippen LogP contribution in [0.25, 0.3) is 0 Å². The van der Waals surface area contributed by atoms with E-state index in [1.165, 1.54) is 6.42 Å². The number of hydrogen-bond donors (Lipinski definition) is 1. The van der Waals surface area contributed by atoms with Crippen LogP contribution in [0.3, 0.4) is 0 Å². The second-order valence-electron chi connectivity index (χ2n) is 5.37. The molecule has 0 atom stereocenters. The quantitative estimate of drug-likeness (QED) is 0.601. The Morgan fingerprint density at radius 3 is 2.65 bits per heavy atom. The number of hydrogen-bond acceptors (Lipinski definition) is 4. The molecule has 110 valence electrons. The maximum atomic E-state index is 11.4. The Morgan fingerprint density at radius 1 is 1.40 bits per heavy atom. The van der Waals surface area contributed by atoms with E-state index in [-0.39, 0.29) is 16.1 Å². The Balaban J connectivity index is 2.29.